The van der Waals surface area contributed by atoms with Gasteiger partial charge in [-0.2, -0.15) is 4.98 Å². The highest BCUT2D eigenvalue weighted by molar-refractivity contribution is 6.31. The lowest BCUT2D eigenvalue weighted by molar-refractivity contribution is 0.0897. The minimum absolute atomic E-state index is 0.148. The van der Waals surface area contributed by atoms with Crippen molar-refractivity contribution in [3.05, 3.63) is 52.9 Å². The molecule has 0 aliphatic carbocycles. The van der Waals surface area contributed by atoms with Crippen LogP contribution in [0.2, 0.25) is 5.02 Å². The zero-order valence-electron chi connectivity index (χ0n) is 16.3. The molecule has 0 radical (unpaired) electrons. The molecule has 1 aliphatic heterocycles. The molecular formula is C20H17ClN4O6. The van der Waals surface area contributed by atoms with Crippen LogP contribution in [0.4, 0.5) is 0 Å². The van der Waals surface area contributed by atoms with Crippen molar-refractivity contribution >= 4 is 23.4 Å². The number of ether oxygens (including phenoxy) is 3. The Balaban J connectivity index is 1.30. The standard InChI is InChI=1S/C20H17ClN4O6/c1-28-14-5-3-12(21)9-13(14)18(26)22-6-7-23-19(27)20-24-17(25-31-20)11-2-4-15-16(8-11)30-10-29-15/h2-5,8-9H,6-7,10H2,1H3,(H,22,26)(H,23,27). The Labute approximate surface area is 181 Å². The first-order valence-corrected chi connectivity index (χ1v) is 9.56. The molecule has 0 saturated carbocycles. The van der Waals surface area contributed by atoms with Gasteiger partial charge in [0, 0.05) is 23.7 Å². The number of halogens is 1. The number of nitrogens with one attached hydrogen (secondary N) is 2. The Morgan fingerprint density at radius 3 is 2.65 bits per heavy atom. The smallest absolute Gasteiger partial charge is 0.316 e. The fraction of sp³-hybridized carbons (Fsp3) is 0.200. The molecule has 0 bridgehead atoms. The summed E-state index contributed by atoms with van der Waals surface area (Å²) in [6.07, 6.45) is 0. The molecule has 0 fully saturated rings. The molecule has 1 aliphatic rings. The number of rotatable bonds is 7. The fourth-order valence-electron chi connectivity index (χ4n) is 2.85. The Bertz CT molecular complexity index is 1130. The number of aromatic nitrogens is 2. The summed E-state index contributed by atoms with van der Waals surface area (Å²) in [5, 5.41) is 9.51. The molecule has 4 rings (SSSR count). The predicted octanol–water partition coefficient (Wildman–Crippen LogP) is 2.29. The molecule has 0 spiro atoms. The Morgan fingerprint density at radius 2 is 1.84 bits per heavy atom. The highest BCUT2D eigenvalue weighted by Gasteiger charge is 2.19. The monoisotopic (exact) mass is 444 g/mol. The van der Waals surface area contributed by atoms with Crippen LogP contribution in [-0.2, 0) is 0 Å². The summed E-state index contributed by atoms with van der Waals surface area (Å²) >= 11 is 5.93. The molecule has 2 aromatic carbocycles. The van der Waals surface area contributed by atoms with Crippen LogP contribution in [0.25, 0.3) is 11.4 Å². The number of hydrogen-bond acceptors (Lipinski definition) is 8. The van der Waals surface area contributed by atoms with Crippen LogP contribution >= 0.6 is 11.6 Å². The van der Waals surface area contributed by atoms with Crippen molar-refractivity contribution in [1.82, 2.24) is 20.8 Å². The average molecular weight is 445 g/mol. The fourth-order valence-corrected chi connectivity index (χ4v) is 3.02. The third-order valence-electron chi connectivity index (χ3n) is 4.35. The van der Waals surface area contributed by atoms with E-state index in [1.54, 1.807) is 30.3 Å². The van der Waals surface area contributed by atoms with Gasteiger partial charge in [0.1, 0.15) is 5.75 Å². The summed E-state index contributed by atoms with van der Waals surface area (Å²) < 4.78 is 20.8. The van der Waals surface area contributed by atoms with Crippen molar-refractivity contribution in [1.29, 1.82) is 0 Å². The quantitative estimate of drug-likeness (QED) is 0.532. The van der Waals surface area contributed by atoms with Gasteiger partial charge in [-0.1, -0.05) is 16.8 Å². The minimum atomic E-state index is -0.561. The highest BCUT2D eigenvalue weighted by atomic mass is 35.5. The molecule has 31 heavy (non-hydrogen) atoms. The van der Waals surface area contributed by atoms with Gasteiger partial charge in [-0.25, -0.2) is 0 Å². The molecule has 2 heterocycles. The summed E-state index contributed by atoms with van der Waals surface area (Å²) in [5.41, 5.74) is 0.918. The zero-order chi connectivity index (χ0) is 21.8. The van der Waals surface area contributed by atoms with Gasteiger partial charge in [-0.15, -0.1) is 0 Å². The van der Waals surface area contributed by atoms with Crippen LogP contribution in [-0.4, -0.2) is 48.9 Å². The Morgan fingerprint density at radius 1 is 1.06 bits per heavy atom. The van der Waals surface area contributed by atoms with Gasteiger partial charge in [0.2, 0.25) is 12.6 Å². The number of carbonyl (C=O) groups is 2. The molecule has 10 nitrogen and oxygen atoms in total. The summed E-state index contributed by atoms with van der Waals surface area (Å²) in [4.78, 5) is 28.6. The summed E-state index contributed by atoms with van der Waals surface area (Å²) in [5.74, 6) is 0.696. The van der Waals surface area contributed by atoms with E-state index >= 15 is 0 Å². The summed E-state index contributed by atoms with van der Waals surface area (Å²) in [6, 6.07) is 9.90. The summed E-state index contributed by atoms with van der Waals surface area (Å²) in [6.45, 7) is 0.470. The minimum Gasteiger partial charge on any atom is -0.496 e. The van der Waals surface area contributed by atoms with Crippen molar-refractivity contribution < 1.29 is 28.3 Å². The van der Waals surface area contributed by atoms with Crippen molar-refractivity contribution in [2.75, 3.05) is 27.0 Å². The topological polar surface area (TPSA) is 125 Å². The molecule has 0 saturated heterocycles. The van der Waals surface area contributed by atoms with E-state index in [1.165, 1.54) is 13.2 Å². The second-order valence-corrected chi connectivity index (χ2v) is 6.78. The number of carbonyl (C=O) groups excluding carboxylic acids is 2. The van der Waals surface area contributed by atoms with E-state index in [4.69, 9.17) is 30.3 Å². The van der Waals surface area contributed by atoms with Gasteiger partial charge in [-0.05, 0) is 36.4 Å². The summed E-state index contributed by atoms with van der Waals surface area (Å²) in [7, 11) is 1.46. The van der Waals surface area contributed by atoms with E-state index in [9.17, 15) is 9.59 Å². The van der Waals surface area contributed by atoms with Crippen LogP contribution in [0.1, 0.15) is 21.0 Å². The molecule has 3 aromatic rings. The number of fused-ring (bicyclic) bond motifs is 1. The van der Waals surface area contributed by atoms with Crippen LogP contribution in [0.3, 0.4) is 0 Å². The second kappa shape index (κ2) is 8.92. The van der Waals surface area contributed by atoms with Crippen LogP contribution in [0.5, 0.6) is 17.2 Å². The molecule has 160 valence electrons. The van der Waals surface area contributed by atoms with Crippen LogP contribution < -0.4 is 24.8 Å². The maximum atomic E-state index is 12.3. The lowest BCUT2D eigenvalue weighted by atomic mass is 10.2. The van der Waals surface area contributed by atoms with Crippen LogP contribution in [0.15, 0.2) is 40.9 Å². The molecule has 2 amide bonds. The SMILES string of the molecule is COc1ccc(Cl)cc1C(=O)NCCNC(=O)c1nc(-c2ccc3c(c2)OCO3)no1. The van der Waals surface area contributed by atoms with Crippen molar-refractivity contribution in [2.24, 2.45) is 0 Å². The Hall–Kier alpha value is -3.79. The molecule has 0 atom stereocenters. The number of methoxy groups -OCH3 is 1. The van der Waals surface area contributed by atoms with Crippen molar-refractivity contribution in [2.45, 2.75) is 0 Å². The number of amides is 2. The van der Waals surface area contributed by atoms with Gasteiger partial charge in [0.25, 0.3) is 5.91 Å². The van der Waals surface area contributed by atoms with E-state index in [0.29, 0.717) is 33.4 Å². The van der Waals surface area contributed by atoms with Gasteiger partial charge in [-0.3, -0.25) is 9.59 Å². The average Bonchev–Trinajstić information content (AvgIpc) is 3.45. The zero-order valence-corrected chi connectivity index (χ0v) is 17.1. The van der Waals surface area contributed by atoms with E-state index in [0.717, 1.165) is 0 Å². The predicted molar refractivity (Wildman–Crippen MR) is 109 cm³/mol. The first-order chi connectivity index (χ1) is 15.0. The van der Waals surface area contributed by atoms with E-state index in [2.05, 4.69) is 20.8 Å². The molecule has 1 aromatic heterocycles. The van der Waals surface area contributed by atoms with Gasteiger partial charge in [0.05, 0.1) is 12.7 Å². The largest absolute Gasteiger partial charge is 0.496 e. The third-order valence-corrected chi connectivity index (χ3v) is 4.59. The molecular weight excluding hydrogens is 428 g/mol. The van der Waals surface area contributed by atoms with Gasteiger partial charge < -0.3 is 29.4 Å². The van der Waals surface area contributed by atoms with E-state index < -0.39 is 5.91 Å². The first kappa shape index (κ1) is 20.5. The first-order valence-electron chi connectivity index (χ1n) is 9.19. The van der Waals surface area contributed by atoms with E-state index in [-0.39, 0.29) is 37.5 Å². The lowest BCUT2D eigenvalue weighted by Gasteiger charge is -2.09. The second-order valence-electron chi connectivity index (χ2n) is 6.35. The maximum Gasteiger partial charge on any atom is 0.316 e. The molecule has 2 N–H and O–H groups in total. The van der Waals surface area contributed by atoms with Gasteiger partial charge in [0.15, 0.2) is 11.5 Å². The number of hydrogen-bond donors (Lipinski definition) is 2. The van der Waals surface area contributed by atoms with Crippen molar-refractivity contribution in [3.63, 3.8) is 0 Å². The normalized spacial score (nSPS) is 11.8. The number of benzene rings is 2. The highest BCUT2D eigenvalue weighted by Crippen LogP contribution is 2.35. The Kier molecular flexibility index (Phi) is 5.89. The third kappa shape index (κ3) is 4.53. The maximum absolute atomic E-state index is 12.3. The number of nitrogens with zero attached hydrogens (tertiary/aromatic N) is 2. The molecule has 11 heteroatoms. The van der Waals surface area contributed by atoms with Crippen LogP contribution in [0, 0.1) is 0 Å². The molecule has 0 unspecified atom stereocenters. The van der Waals surface area contributed by atoms with Gasteiger partial charge >= 0.3 is 11.8 Å². The lowest BCUT2D eigenvalue weighted by Crippen LogP contribution is -2.35. The van der Waals surface area contributed by atoms with Crippen molar-refractivity contribution in [3.8, 4) is 28.6 Å². The van der Waals surface area contributed by atoms with E-state index in [1.807, 2.05) is 0 Å².